The molecule has 0 aliphatic carbocycles. The summed E-state index contributed by atoms with van der Waals surface area (Å²) in [4.78, 5) is 4.05. The summed E-state index contributed by atoms with van der Waals surface area (Å²) in [6, 6.07) is 0. The Morgan fingerprint density at radius 1 is 0.556 bits per heavy atom. The first-order valence-corrected chi connectivity index (χ1v) is 13.9. The number of hydrogen-bond acceptors (Lipinski definition) is 0. The maximum atomic E-state index is 2.86. The van der Waals surface area contributed by atoms with Gasteiger partial charge in [0, 0.05) is 0 Å². The molecule has 0 aromatic rings. The third kappa shape index (κ3) is 0.0449. The first kappa shape index (κ1) is 7.51. The van der Waals surface area contributed by atoms with Gasteiger partial charge in [0.05, 0.1) is 0 Å². The Labute approximate surface area is 99.6 Å². The van der Waals surface area contributed by atoms with E-state index < -0.39 is 6.51 Å². The van der Waals surface area contributed by atoms with E-state index in [0.717, 1.165) is 30.2 Å². The average molecular weight is 284 g/mol. The van der Waals surface area contributed by atoms with Gasteiger partial charge in [-0.05, 0) is 0 Å². The average Bonchev–Trinajstić information content (AvgIpc) is 3.27. The normalized spacial score (nSPS) is 138. The first-order chi connectivity index (χ1) is 7.90. The van der Waals surface area contributed by atoms with Gasteiger partial charge in [-0.25, -0.2) is 0 Å². The maximum absolute atomic E-state index is 3.46. The molecule has 0 amide bonds. The van der Waals surface area contributed by atoms with E-state index in [2.05, 4.69) is 48.5 Å². The van der Waals surface area contributed by atoms with Crippen molar-refractivity contribution in [3.63, 3.8) is 0 Å². The van der Waals surface area contributed by atoms with Gasteiger partial charge in [0.15, 0.2) is 0 Å². The molecule has 4 atom stereocenters. The Balaban J connectivity index is 1.96. The van der Waals surface area contributed by atoms with Crippen molar-refractivity contribution >= 4 is 0 Å². The zero-order chi connectivity index (χ0) is 12.5. The molecule has 0 saturated carbocycles. The predicted octanol–water partition coefficient (Wildman–Crippen LogP) is 6.11. The second-order valence-electron chi connectivity index (χ2n) is 12.5. The quantitative estimate of drug-likeness (QED) is 0.471. The van der Waals surface area contributed by atoms with E-state index in [1.165, 1.54) is 14.4 Å². The summed E-state index contributed by atoms with van der Waals surface area (Å²) in [5, 5.41) is 0. The molecule has 10 saturated heterocycles. The van der Waals surface area contributed by atoms with Gasteiger partial charge in [0.1, 0.15) is 0 Å². The van der Waals surface area contributed by atoms with E-state index in [4.69, 9.17) is 0 Å². The Bertz CT molecular complexity index is 1040. The zero-order valence-corrected chi connectivity index (χ0v) is 13.7. The van der Waals surface area contributed by atoms with E-state index in [1.54, 1.807) is 0 Å². The van der Waals surface area contributed by atoms with Crippen LogP contribution < -0.4 is 0 Å². The van der Waals surface area contributed by atoms with E-state index in [9.17, 15) is 0 Å². The summed E-state index contributed by atoms with van der Waals surface area (Å²) in [5.74, 6) is 0. The summed E-state index contributed by atoms with van der Waals surface area (Å²) in [6.45, 7) is 16.5. The van der Waals surface area contributed by atoms with Crippen molar-refractivity contribution < 1.29 is 6.51 Å². The predicted molar refractivity (Wildman–Crippen MR) is 69.8 cm³/mol. The van der Waals surface area contributed by atoms with Crippen molar-refractivity contribution in [1.82, 2.24) is 0 Å². The van der Waals surface area contributed by atoms with Crippen LogP contribution in [-0.4, -0.2) is 0 Å². The van der Waals surface area contributed by atoms with Crippen molar-refractivity contribution in [1.29, 1.82) is 0 Å². The Hall–Kier alpha value is 0.519. The number of rotatable bonds is 0. The number of hydrogen-bond donors (Lipinski definition) is 0. The van der Waals surface area contributed by atoms with Crippen molar-refractivity contribution in [2.75, 3.05) is 0 Å². The van der Waals surface area contributed by atoms with Crippen LogP contribution in [0, 0.1) is 0 Å². The molecule has 10 rings (SSSR count). The van der Waals surface area contributed by atoms with Gasteiger partial charge in [-0.15, -0.1) is 0 Å². The zero-order valence-electron chi connectivity index (χ0n) is 12.6. The Morgan fingerprint density at radius 2 is 0.833 bits per heavy atom. The summed E-state index contributed by atoms with van der Waals surface area (Å²) < 4.78 is 6.48. The van der Waals surface area contributed by atoms with Crippen LogP contribution >= 0.6 is 0 Å². The molecule has 18 heavy (non-hydrogen) atoms. The van der Waals surface area contributed by atoms with Gasteiger partial charge in [0.2, 0.25) is 0 Å². The third-order valence-electron chi connectivity index (χ3n) is 21.3. The molecule has 4 unspecified atom stereocenters. The monoisotopic (exact) mass is 284 g/mol. The fourth-order valence-electron chi connectivity index (χ4n) is 26.5. The Kier molecular flexibility index (Phi) is 0.214. The molecule has 0 aromatic carbocycles. The van der Waals surface area contributed by atoms with Crippen LogP contribution in [0.1, 0.15) is 48.5 Å². The van der Waals surface area contributed by atoms with E-state index in [-0.39, 0.29) is 0 Å². The summed E-state index contributed by atoms with van der Waals surface area (Å²) in [5.41, 5.74) is 0. The van der Waals surface area contributed by atoms with Gasteiger partial charge in [-0.2, -0.15) is 0 Å². The topological polar surface area (TPSA) is 0 Å². The van der Waals surface area contributed by atoms with Crippen molar-refractivity contribution in [2.24, 2.45) is 0 Å². The molecule has 1 spiro atoms. The van der Waals surface area contributed by atoms with Crippen LogP contribution in [0.15, 0.2) is 0 Å². The molecular formula is C17H24Fe. The molecule has 0 N–H and O–H groups in total. The summed E-state index contributed by atoms with van der Waals surface area (Å²) in [6.07, 6.45) is 0. The van der Waals surface area contributed by atoms with Crippen molar-refractivity contribution in [3.05, 3.63) is 0 Å². The minimum atomic E-state index is -3.46. The molecule has 10 fully saturated rings. The fourth-order valence-corrected chi connectivity index (χ4v) is 121. The molecular weight excluding hydrogens is 260 g/mol. The van der Waals surface area contributed by atoms with E-state index in [0.29, 0.717) is 0 Å². The molecule has 1 heteroatoms. The van der Waals surface area contributed by atoms with Crippen LogP contribution in [0.25, 0.3) is 0 Å². The van der Waals surface area contributed by atoms with Crippen LogP contribution in [0.2, 0.25) is 44.6 Å². The molecule has 100 valence electrons. The molecule has 10 aliphatic heterocycles. The van der Waals surface area contributed by atoms with Gasteiger partial charge in [0.25, 0.3) is 0 Å². The van der Waals surface area contributed by atoms with E-state index >= 15 is 0 Å². The SMILES string of the molecule is C[C]12[CH]3[CH]4[CH]5[C]1(C)[Fe]43521678[C]2(C)[C]1(C)[C]6(C)[C]7(C)[C]28C. The molecule has 10 heterocycles. The van der Waals surface area contributed by atoms with Crippen molar-refractivity contribution in [3.8, 4) is 0 Å². The van der Waals surface area contributed by atoms with Crippen molar-refractivity contribution in [2.45, 2.75) is 93.1 Å². The minimum absolute atomic E-state index is 0.918. The summed E-state index contributed by atoms with van der Waals surface area (Å²) >= 11 is 0. The molecule has 0 radical (unpaired) electrons. The molecule has 0 bridgehead atoms. The first-order valence-electron chi connectivity index (χ1n) is 8.09. The number of fused-ring (bicyclic) bond motifs is 10. The van der Waals surface area contributed by atoms with Crippen LogP contribution in [0.4, 0.5) is 0 Å². The van der Waals surface area contributed by atoms with Gasteiger partial charge < -0.3 is 0 Å². The van der Waals surface area contributed by atoms with Crippen LogP contribution in [-0.2, 0) is 6.51 Å². The Morgan fingerprint density at radius 3 is 0.833 bits per heavy atom. The fraction of sp³-hybridized carbons (Fsp3) is 1.00. The van der Waals surface area contributed by atoms with E-state index in [1.807, 2.05) is 0 Å². The van der Waals surface area contributed by atoms with Crippen LogP contribution in [0.5, 0.6) is 0 Å². The van der Waals surface area contributed by atoms with Gasteiger partial charge >= 0.3 is 99.6 Å². The van der Waals surface area contributed by atoms with Gasteiger partial charge in [-0.1, -0.05) is 0 Å². The van der Waals surface area contributed by atoms with Crippen LogP contribution in [0.3, 0.4) is 0 Å². The standard InChI is InChI=1S/C10H15.C7H9.Fe/c1-6-7(2)9(4)10(5)8(6)3;1-6-4-3-5-7(6)2;/h1-5H3;3-5H,1-2H3;. The third-order valence-corrected chi connectivity index (χ3v) is 75.1. The second-order valence-corrected chi connectivity index (χ2v) is 36.1. The molecule has 10 aliphatic rings. The second kappa shape index (κ2) is 0.513. The summed E-state index contributed by atoms with van der Waals surface area (Å²) in [7, 11) is 0. The van der Waals surface area contributed by atoms with Gasteiger partial charge in [-0.3, -0.25) is 0 Å². The molecule has 0 aromatic heterocycles. The molecule has 0 nitrogen and oxygen atoms in total.